The molecular weight excluding hydrogens is 482 g/mol. The van der Waals surface area contributed by atoms with Crippen molar-refractivity contribution in [2.24, 2.45) is 5.41 Å². The highest BCUT2D eigenvalue weighted by atomic mass is 79.9. The number of alkyl carbamates (subject to hydrolysis) is 1. The largest absolute Gasteiger partial charge is 0.488 e. The molecule has 1 aliphatic heterocycles. The molecule has 1 aromatic rings. The predicted octanol–water partition coefficient (Wildman–Crippen LogP) is 3.36. The van der Waals surface area contributed by atoms with Gasteiger partial charge in [-0.3, -0.25) is 4.79 Å². The average molecular weight is 512 g/mol. The van der Waals surface area contributed by atoms with Gasteiger partial charge in [0.05, 0.1) is 6.54 Å². The van der Waals surface area contributed by atoms with Gasteiger partial charge < -0.3 is 24.8 Å². The second kappa shape index (κ2) is 10.1. The number of carbonyl (C=O) groups excluding carboxylic acids is 2. The number of pyridine rings is 1. The SMILES string of the molecule is CC(C)(C)C(NC(=O)OC1CCCC1)C(=O)N1CC(Oc2ccnc(Br)c2)CC1C(=O)O. The van der Waals surface area contributed by atoms with Gasteiger partial charge in [0.15, 0.2) is 0 Å². The molecule has 10 heteroatoms. The van der Waals surface area contributed by atoms with E-state index in [1.54, 1.807) is 18.3 Å². The fourth-order valence-corrected chi connectivity index (χ4v) is 4.48. The van der Waals surface area contributed by atoms with Crippen LogP contribution in [0.25, 0.3) is 0 Å². The molecule has 1 aromatic heterocycles. The first-order valence-electron chi connectivity index (χ1n) is 10.8. The maximum Gasteiger partial charge on any atom is 0.408 e. The molecule has 3 atom stereocenters. The third-order valence-corrected chi connectivity index (χ3v) is 6.22. The molecule has 176 valence electrons. The monoisotopic (exact) mass is 511 g/mol. The number of aliphatic carboxylic acids is 1. The van der Waals surface area contributed by atoms with Crippen LogP contribution in [0.15, 0.2) is 22.9 Å². The van der Waals surface area contributed by atoms with Crippen molar-refractivity contribution >= 4 is 33.9 Å². The molecule has 0 radical (unpaired) electrons. The molecule has 0 spiro atoms. The first-order valence-corrected chi connectivity index (χ1v) is 11.6. The zero-order valence-corrected chi connectivity index (χ0v) is 20.1. The topological polar surface area (TPSA) is 118 Å². The summed E-state index contributed by atoms with van der Waals surface area (Å²) in [4.78, 5) is 43.2. The number of carboxylic acid groups (broad SMARTS) is 1. The number of hydrogen-bond acceptors (Lipinski definition) is 6. The molecule has 3 rings (SSSR count). The van der Waals surface area contributed by atoms with Gasteiger partial charge in [0.2, 0.25) is 5.91 Å². The number of aromatic nitrogens is 1. The van der Waals surface area contributed by atoms with E-state index in [-0.39, 0.29) is 19.1 Å². The number of amides is 2. The van der Waals surface area contributed by atoms with Crippen LogP contribution in [0.1, 0.15) is 52.9 Å². The Bertz CT molecular complexity index is 852. The van der Waals surface area contributed by atoms with Crippen LogP contribution in [0.2, 0.25) is 0 Å². The summed E-state index contributed by atoms with van der Waals surface area (Å²) in [5, 5.41) is 12.4. The number of likely N-dealkylation sites (tertiary alicyclic amines) is 1. The molecule has 0 aromatic carbocycles. The lowest BCUT2D eigenvalue weighted by molar-refractivity contribution is -0.150. The number of ether oxygens (including phenoxy) is 2. The number of nitrogens with zero attached hydrogens (tertiary/aromatic N) is 2. The minimum atomic E-state index is -1.11. The Morgan fingerprint density at radius 2 is 1.94 bits per heavy atom. The number of hydrogen-bond donors (Lipinski definition) is 2. The van der Waals surface area contributed by atoms with Crippen molar-refractivity contribution in [2.45, 2.75) is 77.2 Å². The molecule has 2 aliphatic rings. The van der Waals surface area contributed by atoms with Crippen LogP contribution in [-0.2, 0) is 14.3 Å². The Labute approximate surface area is 196 Å². The molecule has 1 aliphatic carbocycles. The van der Waals surface area contributed by atoms with E-state index >= 15 is 0 Å². The fraction of sp³-hybridized carbons (Fsp3) is 0.636. The van der Waals surface area contributed by atoms with E-state index in [4.69, 9.17) is 9.47 Å². The minimum absolute atomic E-state index is 0.0989. The second-order valence-corrected chi connectivity index (χ2v) is 10.2. The minimum Gasteiger partial charge on any atom is -0.488 e. The number of carboxylic acids is 1. The van der Waals surface area contributed by atoms with Gasteiger partial charge in [0, 0.05) is 18.7 Å². The van der Waals surface area contributed by atoms with Gasteiger partial charge in [0.1, 0.15) is 34.6 Å². The van der Waals surface area contributed by atoms with Crippen molar-refractivity contribution in [3.8, 4) is 5.75 Å². The lowest BCUT2D eigenvalue weighted by Crippen LogP contribution is -2.57. The highest BCUT2D eigenvalue weighted by Crippen LogP contribution is 2.29. The van der Waals surface area contributed by atoms with Crippen LogP contribution in [0.4, 0.5) is 4.79 Å². The third kappa shape index (κ3) is 6.11. The lowest BCUT2D eigenvalue weighted by atomic mass is 9.85. The second-order valence-electron chi connectivity index (χ2n) is 9.39. The van der Waals surface area contributed by atoms with Gasteiger partial charge in [-0.25, -0.2) is 14.6 Å². The maximum absolute atomic E-state index is 13.5. The van der Waals surface area contributed by atoms with Gasteiger partial charge in [-0.2, -0.15) is 0 Å². The van der Waals surface area contributed by atoms with E-state index in [9.17, 15) is 19.5 Å². The van der Waals surface area contributed by atoms with Gasteiger partial charge >= 0.3 is 12.1 Å². The van der Waals surface area contributed by atoms with Gasteiger partial charge in [-0.1, -0.05) is 20.8 Å². The summed E-state index contributed by atoms with van der Waals surface area (Å²) in [5.74, 6) is -1.04. The summed E-state index contributed by atoms with van der Waals surface area (Å²) in [6.07, 6.45) is 4.10. The molecule has 3 unspecified atom stereocenters. The average Bonchev–Trinajstić information content (AvgIpc) is 3.34. The Hall–Kier alpha value is -2.36. The molecule has 2 amide bonds. The van der Waals surface area contributed by atoms with E-state index in [1.807, 2.05) is 20.8 Å². The Balaban J connectivity index is 1.72. The van der Waals surface area contributed by atoms with Gasteiger partial charge in [0.25, 0.3) is 0 Å². The molecule has 1 saturated carbocycles. The number of rotatable bonds is 6. The normalized spacial score (nSPS) is 22.4. The van der Waals surface area contributed by atoms with Crippen molar-refractivity contribution in [1.82, 2.24) is 15.2 Å². The summed E-state index contributed by atoms with van der Waals surface area (Å²) in [6, 6.07) is 1.37. The summed E-state index contributed by atoms with van der Waals surface area (Å²) in [7, 11) is 0. The fourth-order valence-electron chi connectivity index (χ4n) is 4.13. The van der Waals surface area contributed by atoms with Crippen molar-refractivity contribution < 1.29 is 29.0 Å². The first kappa shape index (κ1) is 24.3. The van der Waals surface area contributed by atoms with Crippen LogP contribution >= 0.6 is 15.9 Å². The van der Waals surface area contributed by atoms with Crippen LogP contribution in [-0.4, -0.2) is 63.8 Å². The Morgan fingerprint density at radius 1 is 1.25 bits per heavy atom. The lowest BCUT2D eigenvalue weighted by Gasteiger charge is -2.34. The molecule has 0 bridgehead atoms. The zero-order valence-electron chi connectivity index (χ0n) is 18.5. The Kier molecular flexibility index (Phi) is 7.63. The van der Waals surface area contributed by atoms with E-state index in [1.165, 1.54) is 4.90 Å². The van der Waals surface area contributed by atoms with Crippen LogP contribution in [0, 0.1) is 5.41 Å². The van der Waals surface area contributed by atoms with Crippen LogP contribution < -0.4 is 10.1 Å². The predicted molar refractivity (Wildman–Crippen MR) is 119 cm³/mol. The van der Waals surface area contributed by atoms with Crippen molar-refractivity contribution in [1.29, 1.82) is 0 Å². The van der Waals surface area contributed by atoms with Gasteiger partial charge in [-0.15, -0.1) is 0 Å². The molecular formula is C22H30BrN3O6. The quantitative estimate of drug-likeness (QED) is 0.562. The van der Waals surface area contributed by atoms with E-state index in [0.717, 1.165) is 25.7 Å². The molecule has 1 saturated heterocycles. The highest BCUT2D eigenvalue weighted by Gasteiger charge is 2.46. The summed E-state index contributed by atoms with van der Waals surface area (Å²) in [6.45, 7) is 5.56. The summed E-state index contributed by atoms with van der Waals surface area (Å²) >= 11 is 3.27. The van der Waals surface area contributed by atoms with Crippen LogP contribution in [0.3, 0.4) is 0 Å². The molecule has 2 N–H and O–H groups in total. The molecule has 9 nitrogen and oxygen atoms in total. The maximum atomic E-state index is 13.5. The number of carbonyl (C=O) groups is 3. The summed E-state index contributed by atoms with van der Waals surface area (Å²) < 4.78 is 12.0. The summed E-state index contributed by atoms with van der Waals surface area (Å²) in [5.41, 5.74) is -0.649. The number of nitrogens with one attached hydrogen (secondary N) is 1. The molecule has 2 fully saturated rings. The third-order valence-electron chi connectivity index (χ3n) is 5.78. The Morgan fingerprint density at radius 3 is 2.53 bits per heavy atom. The number of halogens is 1. The first-order chi connectivity index (χ1) is 15.0. The molecule has 2 heterocycles. The van der Waals surface area contributed by atoms with Crippen LogP contribution in [0.5, 0.6) is 5.75 Å². The van der Waals surface area contributed by atoms with E-state index < -0.39 is 41.6 Å². The van der Waals surface area contributed by atoms with E-state index in [2.05, 4.69) is 26.2 Å². The van der Waals surface area contributed by atoms with Crippen molar-refractivity contribution in [3.05, 3.63) is 22.9 Å². The van der Waals surface area contributed by atoms with E-state index in [0.29, 0.717) is 10.4 Å². The van der Waals surface area contributed by atoms with Crippen molar-refractivity contribution in [2.75, 3.05) is 6.54 Å². The highest BCUT2D eigenvalue weighted by molar-refractivity contribution is 9.10. The van der Waals surface area contributed by atoms with Gasteiger partial charge in [-0.05, 0) is 53.1 Å². The molecule has 32 heavy (non-hydrogen) atoms. The standard InChI is InChI=1S/C22H30BrN3O6/c1-22(2,3)18(25-21(30)32-13-6-4-5-7-13)19(27)26-12-15(10-16(26)20(28)29)31-14-8-9-24-17(23)11-14/h8-9,11,13,15-16,18H,4-7,10,12H2,1-3H3,(H,25,30)(H,28,29). The zero-order chi connectivity index (χ0) is 23.5. The van der Waals surface area contributed by atoms with Crippen molar-refractivity contribution in [3.63, 3.8) is 0 Å². The smallest absolute Gasteiger partial charge is 0.408 e.